The number of halogens is 2. The van der Waals surface area contributed by atoms with Crippen molar-refractivity contribution in [2.75, 3.05) is 7.05 Å². The Bertz CT molecular complexity index is 1370. The first-order valence-electron chi connectivity index (χ1n) is 11.0. The molecule has 3 aromatic heterocycles. The van der Waals surface area contributed by atoms with Crippen LogP contribution >= 0.6 is 0 Å². The van der Waals surface area contributed by atoms with E-state index in [1.807, 2.05) is 24.3 Å². The van der Waals surface area contributed by atoms with Gasteiger partial charge in [0, 0.05) is 36.6 Å². The second-order valence-electron chi connectivity index (χ2n) is 8.79. The van der Waals surface area contributed by atoms with E-state index in [9.17, 15) is 18.4 Å². The van der Waals surface area contributed by atoms with Crippen molar-refractivity contribution in [3.8, 4) is 22.6 Å². The maximum Gasteiger partial charge on any atom is 0.314 e. The van der Waals surface area contributed by atoms with Crippen molar-refractivity contribution in [1.29, 1.82) is 0 Å². The molecule has 3 heterocycles. The molecule has 0 unspecified atom stereocenters. The Morgan fingerprint density at radius 2 is 1.86 bits per heavy atom. The number of alkyl halides is 2. The Kier molecular flexibility index (Phi) is 6.96. The summed E-state index contributed by atoms with van der Waals surface area (Å²) in [6, 6.07) is 12.4. The van der Waals surface area contributed by atoms with E-state index in [2.05, 4.69) is 20.2 Å². The number of rotatable bonds is 8. The second-order valence-corrected chi connectivity index (χ2v) is 8.79. The minimum absolute atomic E-state index is 0.0665. The van der Waals surface area contributed by atoms with E-state index in [1.54, 1.807) is 51.5 Å². The Labute approximate surface area is 206 Å². The number of benzene rings is 1. The molecule has 0 saturated carbocycles. The lowest BCUT2D eigenvalue weighted by molar-refractivity contribution is -0.111. The van der Waals surface area contributed by atoms with Gasteiger partial charge in [-0.1, -0.05) is 12.1 Å². The van der Waals surface area contributed by atoms with Crippen LogP contribution in [0.2, 0.25) is 0 Å². The lowest BCUT2D eigenvalue weighted by Gasteiger charge is -2.25. The number of hydrogen-bond donors (Lipinski definition) is 0. The van der Waals surface area contributed by atoms with Gasteiger partial charge in [-0.15, -0.1) is 10.2 Å². The SMILES string of the molecule is CN(Cc1ccc(-c2nnc(C(F)F)o2)cn1)C(=O)c1ccc(-c2cccnc2)cc1C(C)(C)C=O. The van der Waals surface area contributed by atoms with Crippen LogP contribution in [0, 0.1) is 0 Å². The molecule has 184 valence electrons. The van der Waals surface area contributed by atoms with Gasteiger partial charge in [0.2, 0.25) is 5.89 Å². The molecule has 0 saturated heterocycles. The summed E-state index contributed by atoms with van der Waals surface area (Å²) in [5.41, 5.74) is 2.78. The normalized spacial score (nSPS) is 11.5. The van der Waals surface area contributed by atoms with Crippen LogP contribution in [0.25, 0.3) is 22.6 Å². The van der Waals surface area contributed by atoms with Crippen LogP contribution in [0.15, 0.2) is 65.5 Å². The fourth-order valence-electron chi connectivity index (χ4n) is 3.64. The van der Waals surface area contributed by atoms with Crippen molar-refractivity contribution in [2.45, 2.75) is 32.2 Å². The van der Waals surface area contributed by atoms with Crippen LogP contribution < -0.4 is 0 Å². The minimum Gasteiger partial charge on any atom is -0.415 e. The maximum absolute atomic E-state index is 13.4. The highest BCUT2D eigenvalue weighted by Crippen LogP contribution is 2.31. The summed E-state index contributed by atoms with van der Waals surface area (Å²) in [4.78, 5) is 35.2. The quantitative estimate of drug-likeness (QED) is 0.324. The minimum atomic E-state index is -2.86. The number of carbonyl (C=O) groups is 2. The number of hydrogen-bond acceptors (Lipinski definition) is 7. The van der Waals surface area contributed by atoms with Crippen molar-refractivity contribution >= 4 is 12.2 Å². The second kappa shape index (κ2) is 10.1. The van der Waals surface area contributed by atoms with E-state index < -0.39 is 17.7 Å². The van der Waals surface area contributed by atoms with Crippen molar-refractivity contribution in [2.24, 2.45) is 0 Å². The highest BCUT2D eigenvalue weighted by atomic mass is 19.3. The van der Waals surface area contributed by atoms with Crippen LogP contribution in [0.1, 0.15) is 47.8 Å². The summed E-state index contributed by atoms with van der Waals surface area (Å²) in [6.07, 6.45) is 2.78. The molecule has 1 amide bonds. The van der Waals surface area contributed by atoms with Gasteiger partial charge in [-0.3, -0.25) is 14.8 Å². The van der Waals surface area contributed by atoms with Crippen LogP contribution in [0.3, 0.4) is 0 Å². The lowest BCUT2D eigenvalue weighted by atomic mass is 9.81. The standard InChI is InChI=1S/C26H23F2N5O3/c1-26(2,15-34)21-11-16(17-5-4-10-29-12-17)7-9-20(21)25(35)33(3)14-19-8-6-18(13-30-19)23-31-32-24(36-23)22(27)28/h4-13,15,22H,14H2,1-3H3. The Morgan fingerprint density at radius 1 is 1.08 bits per heavy atom. The number of pyridine rings is 2. The van der Waals surface area contributed by atoms with Gasteiger partial charge in [0.25, 0.3) is 11.8 Å². The van der Waals surface area contributed by atoms with Crippen LogP contribution in [-0.4, -0.2) is 44.3 Å². The largest absolute Gasteiger partial charge is 0.415 e. The maximum atomic E-state index is 13.4. The molecule has 0 fully saturated rings. The van der Waals surface area contributed by atoms with E-state index in [1.165, 1.54) is 11.1 Å². The van der Waals surface area contributed by atoms with E-state index in [-0.39, 0.29) is 18.3 Å². The lowest BCUT2D eigenvalue weighted by Crippen LogP contribution is -2.30. The molecule has 1 aromatic carbocycles. The molecule has 8 nitrogen and oxygen atoms in total. The average Bonchev–Trinajstić information content (AvgIpc) is 3.40. The monoisotopic (exact) mass is 491 g/mol. The molecule has 0 bridgehead atoms. The summed E-state index contributed by atoms with van der Waals surface area (Å²) in [7, 11) is 1.64. The molecule has 0 aliphatic heterocycles. The molecule has 4 rings (SSSR count). The molecule has 4 aromatic rings. The van der Waals surface area contributed by atoms with Crippen LogP contribution in [0.5, 0.6) is 0 Å². The molecule has 0 N–H and O–H groups in total. The molecule has 0 spiro atoms. The third-order valence-electron chi connectivity index (χ3n) is 5.68. The molecule has 0 atom stereocenters. The Morgan fingerprint density at radius 3 is 2.47 bits per heavy atom. The van der Waals surface area contributed by atoms with Gasteiger partial charge in [0.15, 0.2) is 0 Å². The molecular weight excluding hydrogens is 468 g/mol. The van der Waals surface area contributed by atoms with E-state index >= 15 is 0 Å². The first-order chi connectivity index (χ1) is 17.2. The van der Waals surface area contributed by atoms with Gasteiger partial charge in [0.05, 0.1) is 17.8 Å². The third-order valence-corrected chi connectivity index (χ3v) is 5.68. The van der Waals surface area contributed by atoms with Gasteiger partial charge in [0.1, 0.15) is 6.29 Å². The van der Waals surface area contributed by atoms with Gasteiger partial charge in [-0.2, -0.15) is 8.78 Å². The highest BCUT2D eigenvalue weighted by molar-refractivity contribution is 5.97. The highest BCUT2D eigenvalue weighted by Gasteiger charge is 2.28. The molecular formula is C26H23F2N5O3. The van der Waals surface area contributed by atoms with Gasteiger partial charge in [-0.25, -0.2) is 0 Å². The van der Waals surface area contributed by atoms with Crippen LogP contribution in [0.4, 0.5) is 8.78 Å². The predicted octanol–water partition coefficient (Wildman–Crippen LogP) is 4.88. The molecule has 0 aliphatic rings. The van der Waals surface area contributed by atoms with Crippen molar-refractivity contribution < 1.29 is 22.8 Å². The van der Waals surface area contributed by atoms with Gasteiger partial charge >= 0.3 is 6.43 Å². The van der Waals surface area contributed by atoms with Gasteiger partial charge in [-0.05, 0) is 60.9 Å². The molecule has 10 heteroatoms. The first kappa shape index (κ1) is 24.8. The first-order valence-corrected chi connectivity index (χ1v) is 11.0. The molecule has 0 aliphatic carbocycles. The summed E-state index contributed by atoms with van der Waals surface area (Å²) in [5.74, 6) is -1.10. The third kappa shape index (κ3) is 5.17. The zero-order valence-corrected chi connectivity index (χ0v) is 19.9. The average molecular weight is 491 g/mol. The van der Waals surface area contributed by atoms with E-state index in [0.717, 1.165) is 17.4 Å². The topological polar surface area (TPSA) is 102 Å². The zero-order chi connectivity index (χ0) is 25.9. The number of aldehydes is 1. The molecule has 0 radical (unpaired) electrons. The zero-order valence-electron chi connectivity index (χ0n) is 19.9. The summed E-state index contributed by atoms with van der Waals surface area (Å²) < 4.78 is 30.3. The van der Waals surface area contributed by atoms with E-state index in [0.29, 0.717) is 22.4 Å². The van der Waals surface area contributed by atoms with Crippen molar-refractivity contribution in [1.82, 2.24) is 25.1 Å². The fourth-order valence-corrected chi connectivity index (χ4v) is 3.64. The Hall–Kier alpha value is -4.34. The summed E-state index contributed by atoms with van der Waals surface area (Å²) in [6.45, 7) is 3.70. The number of nitrogens with zero attached hydrogens (tertiary/aromatic N) is 5. The van der Waals surface area contributed by atoms with Crippen molar-refractivity contribution in [3.63, 3.8) is 0 Å². The van der Waals surface area contributed by atoms with Gasteiger partial charge < -0.3 is 14.1 Å². The van der Waals surface area contributed by atoms with E-state index in [4.69, 9.17) is 4.42 Å². The Balaban J connectivity index is 1.56. The predicted molar refractivity (Wildman–Crippen MR) is 127 cm³/mol. The number of aromatic nitrogens is 4. The molecule has 36 heavy (non-hydrogen) atoms. The number of carbonyl (C=O) groups excluding carboxylic acids is 2. The number of amides is 1. The summed E-state index contributed by atoms with van der Waals surface area (Å²) >= 11 is 0. The van der Waals surface area contributed by atoms with Crippen LogP contribution in [-0.2, 0) is 16.8 Å². The smallest absolute Gasteiger partial charge is 0.314 e. The summed E-state index contributed by atoms with van der Waals surface area (Å²) in [5, 5.41) is 6.91. The fraction of sp³-hybridized carbons (Fsp3) is 0.231. The van der Waals surface area contributed by atoms with Crippen molar-refractivity contribution in [3.05, 3.63) is 83.8 Å².